The van der Waals surface area contributed by atoms with Crippen LogP contribution in [-0.4, -0.2) is 63.2 Å². The molecule has 2 aromatic rings. The van der Waals surface area contributed by atoms with E-state index in [4.69, 9.17) is 10.5 Å². The number of aliphatic imine (C=N–C) groups is 1. The molecular weight excluding hydrogens is 502 g/mol. The second-order valence-electron chi connectivity index (χ2n) is 7.88. The second-order valence-corrected chi connectivity index (χ2v) is 7.88. The van der Waals surface area contributed by atoms with Gasteiger partial charge in [-0.15, -0.1) is 24.0 Å². The summed E-state index contributed by atoms with van der Waals surface area (Å²) in [6.07, 6.45) is 4.51. The van der Waals surface area contributed by atoms with E-state index < -0.39 is 5.60 Å². The number of guanidine groups is 1. The topological polar surface area (TPSA) is 89.0 Å². The third-order valence-corrected chi connectivity index (χ3v) is 4.47. The van der Waals surface area contributed by atoms with E-state index in [1.54, 1.807) is 34.3 Å². The van der Waals surface area contributed by atoms with Crippen molar-refractivity contribution in [1.29, 1.82) is 0 Å². The van der Waals surface area contributed by atoms with Gasteiger partial charge in [0, 0.05) is 38.6 Å². The number of imidazole rings is 1. The van der Waals surface area contributed by atoms with Crippen molar-refractivity contribution in [1.82, 2.24) is 19.4 Å². The van der Waals surface area contributed by atoms with Crippen LogP contribution in [0, 0.1) is 5.82 Å². The van der Waals surface area contributed by atoms with Crippen LogP contribution in [0.4, 0.5) is 9.18 Å². The average molecular weight is 530 g/mol. The maximum absolute atomic E-state index is 14.3. The molecule has 8 nitrogen and oxygen atoms in total. The van der Waals surface area contributed by atoms with Crippen LogP contribution in [0.15, 0.2) is 41.9 Å². The Morgan fingerprint density at radius 2 is 1.90 bits per heavy atom. The van der Waals surface area contributed by atoms with Gasteiger partial charge in [0.05, 0.1) is 18.6 Å². The lowest BCUT2D eigenvalue weighted by Crippen LogP contribution is -2.53. The Hall–Kier alpha value is -2.37. The smallest absolute Gasteiger partial charge is 0.410 e. The van der Waals surface area contributed by atoms with Crippen molar-refractivity contribution < 1.29 is 13.9 Å². The van der Waals surface area contributed by atoms with Crippen molar-refractivity contribution in [2.45, 2.75) is 32.9 Å². The van der Waals surface area contributed by atoms with Gasteiger partial charge in [-0.1, -0.05) is 6.07 Å². The van der Waals surface area contributed by atoms with E-state index in [0.29, 0.717) is 37.8 Å². The van der Waals surface area contributed by atoms with Crippen LogP contribution in [0.1, 0.15) is 26.3 Å². The molecule has 0 bridgehead atoms. The number of piperazine rings is 1. The minimum Gasteiger partial charge on any atom is -0.444 e. The zero-order valence-corrected chi connectivity index (χ0v) is 19.7. The van der Waals surface area contributed by atoms with Gasteiger partial charge in [-0.3, -0.25) is 0 Å². The largest absolute Gasteiger partial charge is 0.444 e. The number of nitrogens with two attached hydrogens (primary N) is 1. The number of carbonyl (C=O) groups excluding carboxylic acids is 1. The average Bonchev–Trinajstić information content (AvgIpc) is 3.19. The summed E-state index contributed by atoms with van der Waals surface area (Å²) < 4.78 is 21.3. The van der Waals surface area contributed by atoms with Gasteiger partial charge in [-0.2, -0.15) is 0 Å². The SMILES string of the molecule is CC(C)(C)OC(=O)N1CCN(C(N)=NCc2ccc(-n3ccnc3)c(F)c2)CC1.I. The first-order valence-corrected chi connectivity index (χ1v) is 9.52. The molecule has 1 aliphatic rings. The highest BCUT2D eigenvalue weighted by atomic mass is 127. The number of hydrogen-bond acceptors (Lipinski definition) is 4. The van der Waals surface area contributed by atoms with Gasteiger partial charge >= 0.3 is 6.09 Å². The molecule has 3 rings (SSSR count). The van der Waals surface area contributed by atoms with Gasteiger partial charge in [0.15, 0.2) is 5.96 Å². The molecule has 1 aromatic heterocycles. The van der Waals surface area contributed by atoms with Crippen LogP contribution in [0.25, 0.3) is 5.69 Å². The molecule has 30 heavy (non-hydrogen) atoms. The van der Waals surface area contributed by atoms with Crippen molar-refractivity contribution in [3.8, 4) is 5.69 Å². The number of aromatic nitrogens is 2. The number of carbonyl (C=O) groups is 1. The molecule has 2 N–H and O–H groups in total. The van der Waals surface area contributed by atoms with E-state index in [2.05, 4.69) is 9.98 Å². The first-order chi connectivity index (χ1) is 13.7. The third kappa shape index (κ3) is 6.31. The molecule has 1 fully saturated rings. The minimum atomic E-state index is -0.516. The van der Waals surface area contributed by atoms with E-state index in [1.165, 1.54) is 6.07 Å². The molecule has 10 heteroatoms. The predicted octanol–water partition coefficient (Wildman–Crippen LogP) is 3.00. The predicted molar refractivity (Wildman–Crippen MR) is 124 cm³/mol. The van der Waals surface area contributed by atoms with Crippen molar-refractivity contribution in [3.63, 3.8) is 0 Å². The van der Waals surface area contributed by atoms with Crippen molar-refractivity contribution in [2.75, 3.05) is 26.2 Å². The molecule has 164 valence electrons. The highest BCUT2D eigenvalue weighted by molar-refractivity contribution is 14.0. The lowest BCUT2D eigenvalue weighted by Gasteiger charge is -2.36. The van der Waals surface area contributed by atoms with Gasteiger partial charge in [0.25, 0.3) is 0 Å². The number of amides is 1. The highest BCUT2D eigenvalue weighted by Crippen LogP contribution is 2.16. The van der Waals surface area contributed by atoms with E-state index in [1.807, 2.05) is 31.7 Å². The van der Waals surface area contributed by atoms with E-state index in [0.717, 1.165) is 5.56 Å². The Bertz CT molecular complexity index is 874. The molecule has 2 heterocycles. The van der Waals surface area contributed by atoms with Crippen LogP contribution in [-0.2, 0) is 11.3 Å². The maximum atomic E-state index is 14.3. The molecule has 1 amide bonds. The van der Waals surface area contributed by atoms with Crippen molar-refractivity contribution in [3.05, 3.63) is 48.3 Å². The molecule has 0 unspecified atom stereocenters. The summed E-state index contributed by atoms with van der Waals surface area (Å²) in [4.78, 5) is 24.0. The lowest BCUT2D eigenvalue weighted by atomic mass is 10.2. The highest BCUT2D eigenvalue weighted by Gasteiger charge is 2.26. The normalized spacial score (nSPS) is 15.0. The summed E-state index contributed by atoms with van der Waals surface area (Å²) in [5.74, 6) is 0.0354. The fourth-order valence-corrected chi connectivity index (χ4v) is 2.98. The fourth-order valence-electron chi connectivity index (χ4n) is 2.98. The zero-order chi connectivity index (χ0) is 21.0. The summed E-state index contributed by atoms with van der Waals surface area (Å²) in [6, 6.07) is 4.96. The molecule has 1 aliphatic heterocycles. The summed E-state index contributed by atoms with van der Waals surface area (Å²) in [6.45, 7) is 7.98. The number of benzene rings is 1. The van der Waals surface area contributed by atoms with Gasteiger partial charge in [0.2, 0.25) is 0 Å². The fraction of sp³-hybridized carbons (Fsp3) is 0.450. The van der Waals surface area contributed by atoms with Gasteiger partial charge < -0.3 is 24.8 Å². The molecule has 0 saturated carbocycles. The second kappa shape index (κ2) is 10.1. The summed E-state index contributed by atoms with van der Waals surface area (Å²) in [5.41, 5.74) is 6.74. The van der Waals surface area contributed by atoms with Crippen molar-refractivity contribution in [2.24, 2.45) is 10.7 Å². The quantitative estimate of drug-likeness (QED) is 0.375. The number of nitrogens with zero attached hydrogens (tertiary/aromatic N) is 5. The Kier molecular flexibility index (Phi) is 8.04. The molecule has 0 aliphatic carbocycles. The Balaban J connectivity index is 0.00000320. The van der Waals surface area contributed by atoms with Gasteiger partial charge in [-0.25, -0.2) is 19.2 Å². The Morgan fingerprint density at radius 1 is 1.23 bits per heavy atom. The summed E-state index contributed by atoms with van der Waals surface area (Å²) >= 11 is 0. The van der Waals surface area contributed by atoms with E-state index >= 15 is 0 Å². The number of rotatable bonds is 3. The van der Waals surface area contributed by atoms with Crippen molar-refractivity contribution >= 4 is 36.0 Å². The number of hydrogen-bond donors (Lipinski definition) is 1. The number of halogens is 2. The maximum Gasteiger partial charge on any atom is 0.410 e. The molecule has 0 radical (unpaired) electrons. The van der Waals surface area contributed by atoms with Crippen LogP contribution in [0.5, 0.6) is 0 Å². The first-order valence-electron chi connectivity index (χ1n) is 9.52. The van der Waals surface area contributed by atoms with Crippen LogP contribution in [0.2, 0.25) is 0 Å². The summed E-state index contributed by atoms with van der Waals surface area (Å²) in [7, 11) is 0. The minimum absolute atomic E-state index is 0. The van der Waals surface area contributed by atoms with Gasteiger partial charge in [-0.05, 0) is 38.5 Å². The molecule has 1 saturated heterocycles. The third-order valence-electron chi connectivity index (χ3n) is 4.47. The first kappa shape index (κ1) is 23.9. The van der Waals surface area contributed by atoms with Crippen LogP contribution in [0.3, 0.4) is 0 Å². The van der Waals surface area contributed by atoms with Gasteiger partial charge in [0.1, 0.15) is 11.4 Å². The number of ether oxygens (including phenoxy) is 1. The van der Waals surface area contributed by atoms with E-state index in [9.17, 15) is 9.18 Å². The van der Waals surface area contributed by atoms with E-state index in [-0.39, 0.29) is 42.4 Å². The van der Waals surface area contributed by atoms with Crippen LogP contribution < -0.4 is 5.73 Å². The summed E-state index contributed by atoms with van der Waals surface area (Å²) in [5, 5.41) is 0. The van der Waals surface area contributed by atoms with Crippen LogP contribution >= 0.6 is 24.0 Å². The monoisotopic (exact) mass is 530 g/mol. The molecule has 1 aromatic carbocycles. The zero-order valence-electron chi connectivity index (χ0n) is 17.4. The molecule has 0 atom stereocenters. The Morgan fingerprint density at radius 3 is 2.47 bits per heavy atom. The Labute approximate surface area is 192 Å². The lowest BCUT2D eigenvalue weighted by molar-refractivity contribution is 0.0186. The standard InChI is InChI=1S/C20H27FN6O2.HI/c1-20(2,3)29-19(28)26-10-8-25(9-11-26)18(22)24-13-15-4-5-17(16(21)12-15)27-7-6-23-14-27;/h4-7,12,14H,8-11,13H2,1-3H3,(H2,22,24);1H. The molecule has 0 spiro atoms. The molecular formula is C20H28FIN6O2.